The van der Waals surface area contributed by atoms with E-state index < -0.39 is 30.2 Å². The van der Waals surface area contributed by atoms with Gasteiger partial charge in [-0.2, -0.15) is 0 Å². The van der Waals surface area contributed by atoms with Gasteiger partial charge >= 0.3 is 5.97 Å². The van der Waals surface area contributed by atoms with Crippen LogP contribution in [0.25, 0.3) is 0 Å². The lowest BCUT2D eigenvalue weighted by Gasteiger charge is -2.07. The minimum absolute atomic E-state index is 0.113. The predicted molar refractivity (Wildman–Crippen MR) is 84.1 cm³/mol. The molecule has 126 valence electrons. The van der Waals surface area contributed by atoms with E-state index in [1.54, 1.807) is 0 Å². The van der Waals surface area contributed by atoms with Crippen LogP contribution in [0.3, 0.4) is 0 Å². The number of amides is 2. The number of hydrogen-bond donors (Lipinski definition) is 3. The Labute approximate surface area is 141 Å². The maximum Gasteiger partial charge on any atom is 0.355 e. The number of H-pyrrole nitrogens is 1. The number of ether oxygens (including phenoxy) is 1. The molecule has 1 aromatic carbocycles. The molecule has 2 aromatic rings. The SMILES string of the molecule is O=C(COC(=O)c1cc(Cl)c[nH]1)NCC(=O)Nc1ccc(F)cc1. The molecule has 0 saturated carbocycles. The van der Waals surface area contributed by atoms with Crippen LogP contribution in [-0.4, -0.2) is 35.9 Å². The predicted octanol–water partition coefficient (Wildman–Crippen LogP) is 1.72. The highest BCUT2D eigenvalue weighted by molar-refractivity contribution is 6.30. The van der Waals surface area contributed by atoms with Crippen molar-refractivity contribution in [2.75, 3.05) is 18.5 Å². The van der Waals surface area contributed by atoms with Gasteiger partial charge in [-0.05, 0) is 30.3 Å². The van der Waals surface area contributed by atoms with Gasteiger partial charge in [-0.25, -0.2) is 9.18 Å². The van der Waals surface area contributed by atoms with E-state index in [0.29, 0.717) is 10.7 Å². The Morgan fingerprint density at radius 2 is 1.88 bits per heavy atom. The van der Waals surface area contributed by atoms with E-state index in [-0.39, 0.29) is 12.2 Å². The van der Waals surface area contributed by atoms with Crippen LogP contribution < -0.4 is 10.6 Å². The number of nitrogens with one attached hydrogen (secondary N) is 3. The van der Waals surface area contributed by atoms with E-state index in [1.807, 2.05) is 0 Å². The summed E-state index contributed by atoms with van der Waals surface area (Å²) in [7, 11) is 0. The Hall–Kier alpha value is -2.87. The lowest BCUT2D eigenvalue weighted by atomic mass is 10.3. The Balaban J connectivity index is 1.69. The van der Waals surface area contributed by atoms with Crippen LogP contribution in [0.1, 0.15) is 10.5 Å². The Bertz CT molecular complexity index is 745. The Kier molecular flexibility index (Phi) is 5.91. The molecule has 0 radical (unpaired) electrons. The fourth-order valence-corrected chi connectivity index (χ4v) is 1.83. The molecule has 0 bridgehead atoms. The normalized spacial score (nSPS) is 10.1. The third kappa shape index (κ3) is 5.40. The highest BCUT2D eigenvalue weighted by atomic mass is 35.5. The number of halogens is 2. The summed E-state index contributed by atoms with van der Waals surface area (Å²) in [6.07, 6.45) is 1.40. The standard InChI is InChI=1S/C15H13ClFN3O4/c16-9-5-12(18-6-9)15(23)24-8-14(22)19-7-13(21)20-11-3-1-10(17)2-4-11/h1-6,18H,7-8H2,(H,19,22)(H,20,21). The van der Waals surface area contributed by atoms with Crippen molar-refractivity contribution in [3.8, 4) is 0 Å². The highest BCUT2D eigenvalue weighted by Gasteiger charge is 2.12. The van der Waals surface area contributed by atoms with Crippen LogP contribution in [0.15, 0.2) is 36.5 Å². The van der Waals surface area contributed by atoms with Gasteiger partial charge in [0.1, 0.15) is 11.5 Å². The number of esters is 1. The van der Waals surface area contributed by atoms with Gasteiger partial charge < -0.3 is 20.4 Å². The largest absolute Gasteiger partial charge is 0.451 e. The summed E-state index contributed by atoms with van der Waals surface area (Å²) in [6, 6.07) is 6.52. The van der Waals surface area contributed by atoms with Crippen molar-refractivity contribution in [2.24, 2.45) is 0 Å². The number of benzene rings is 1. The van der Waals surface area contributed by atoms with E-state index in [2.05, 4.69) is 15.6 Å². The third-order valence-corrected chi connectivity index (χ3v) is 2.99. The van der Waals surface area contributed by atoms with Crippen molar-refractivity contribution in [2.45, 2.75) is 0 Å². The number of anilines is 1. The minimum Gasteiger partial charge on any atom is -0.451 e. The molecule has 3 N–H and O–H groups in total. The van der Waals surface area contributed by atoms with Crippen molar-refractivity contribution in [1.29, 1.82) is 0 Å². The quantitative estimate of drug-likeness (QED) is 0.688. The zero-order chi connectivity index (χ0) is 17.5. The van der Waals surface area contributed by atoms with Crippen LogP contribution in [0, 0.1) is 5.82 Å². The number of aromatic amines is 1. The Morgan fingerprint density at radius 1 is 1.17 bits per heavy atom. The van der Waals surface area contributed by atoms with Crippen molar-refractivity contribution >= 4 is 35.1 Å². The van der Waals surface area contributed by atoms with E-state index in [1.165, 1.54) is 36.5 Å². The number of carbonyl (C=O) groups is 3. The number of hydrogen-bond acceptors (Lipinski definition) is 4. The molecule has 24 heavy (non-hydrogen) atoms. The third-order valence-electron chi connectivity index (χ3n) is 2.78. The number of rotatable bonds is 6. The van der Waals surface area contributed by atoms with Gasteiger partial charge in [-0.3, -0.25) is 9.59 Å². The Morgan fingerprint density at radius 3 is 2.50 bits per heavy atom. The summed E-state index contributed by atoms with van der Waals surface area (Å²) in [5, 5.41) is 5.09. The van der Waals surface area contributed by atoms with Crippen molar-refractivity contribution in [1.82, 2.24) is 10.3 Å². The fourth-order valence-electron chi connectivity index (χ4n) is 1.66. The molecule has 9 heteroatoms. The monoisotopic (exact) mass is 353 g/mol. The lowest BCUT2D eigenvalue weighted by molar-refractivity contribution is -0.126. The molecule has 0 saturated heterocycles. The van der Waals surface area contributed by atoms with E-state index in [0.717, 1.165) is 0 Å². The second-order valence-corrected chi connectivity index (χ2v) is 5.08. The lowest BCUT2D eigenvalue weighted by Crippen LogP contribution is -2.35. The molecule has 0 fully saturated rings. The second-order valence-electron chi connectivity index (χ2n) is 4.64. The van der Waals surface area contributed by atoms with E-state index in [4.69, 9.17) is 16.3 Å². The average molecular weight is 354 g/mol. The van der Waals surface area contributed by atoms with Crippen LogP contribution in [0.2, 0.25) is 5.02 Å². The molecule has 2 rings (SSSR count). The summed E-state index contributed by atoms with van der Waals surface area (Å²) < 4.78 is 17.5. The average Bonchev–Trinajstić information content (AvgIpc) is 2.99. The van der Waals surface area contributed by atoms with E-state index >= 15 is 0 Å². The zero-order valence-electron chi connectivity index (χ0n) is 12.3. The van der Waals surface area contributed by atoms with Crippen LogP contribution in [0.4, 0.5) is 10.1 Å². The summed E-state index contributed by atoms with van der Waals surface area (Å²) in [4.78, 5) is 37.3. The molecule has 2 amide bonds. The van der Waals surface area contributed by atoms with Crippen molar-refractivity contribution in [3.63, 3.8) is 0 Å². The molecule has 0 spiro atoms. The molecular weight excluding hydrogens is 341 g/mol. The number of aromatic nitrogens is 1. The van der Waals surface area contributed by atoms with Crippen molar-refractivity contribution < 1.29 is 23.5 Å². The molecule has 0 atom stereocenters. The first-order valence-corrected chi connectivity index (χ1v) is 7.15. The first-order valence-electron chi connectivity index (χ1n) is 6.77. The number of carbonyl (C=O) groups excluding carboxylic acids is 3. The molecule has 7 nitrogen and oxygen atoms in total. The van der Waals surface area contributed by atoms with Gasteiger partial charge in [0, 0.05) is 11.9 Å². The van der Waals surface area contributed by atoms with Crippen molar-refractivity contribution in [3.05, 3.63) is 53.1 Å². The summed E-state index contributed by atoms with van der Waals surface area (Å²) in [5.74, 6) is -2.31. The molecular formula is C15H13ClFN3O4. The van der Waals surface area contributed by atoms with Gasteiger partial charge in [0.15, 0.2) is 6.61 Å². The van der Waals surface area contributed by atoms with Gasteiger partial charge in [-0.15, -0.1) is 0 Å². The summed E-state index contributed by atoms with van der Waals surface area (Å²) in [5.41, 5.74) is 0.507. The minimum atomic E-state index is -0.743. The smallest absolute Gasteiger partial charge is 0.355 e. The highest BCUT2D eigenvalue weighted by Crippen LogP contribution is 2.10. The fraction of sp³-hybridized carbons (Fsp3) is 0.133. The molecule has 0 aliphatic rings. The molecule has 0 unspecified atom stereocenters. The molecule has 0 aliphatic carbocycles. The molecule has 0 aliphatic heterocycles. The molecule has 1 heterocycles. The molecule has 1 aromatic heterocycles. The van der Waals surface area contributed by atoms with Crippen LogP contribution in [-0.2, 0) is 14.3 Å². The van der Waals surface area contributed by atoms with Gasteiger partial charge in [0.25, 0.3) is 5.91 Å². The first kappa shape index (κ1) is 17.5. The van der Waals surface area contributed by atoms with E-state index in [9.17, 15) is 18.8 Å². The van der Waals surface area contributed by atoms with Crippen LogP contribution >= 0.6 is 11.6 Å². The van der Waals surface area contributed by atoms with Gasteiger partial charge in [0.2, 0.25) is 5.91 Å². The summed E-state index contributed by atoms with van der Waals surface area (Å²) >= 11 is 5.64. The van der Waals surface area contributed by atoms with Gasteiger partial charge in [-0.1, -0.05) is 11.6 Å². The topological polar surface area (TPSA) is 100 Å². The van der Waals surface area contributed by atoms with Crippen LogP contribution in [0.5, 0.6) is 0 Å². The maximum absolute atomic E-state index is 12.7. The second kappa shape index (κ2) is 8.11. The van der Waals surface area contributed by atoms with Gasteiger partial charge in [0.05, 0.1) is 11.6 Å². The summed E-state index contributed by atoms with van der Waals surface area (Å²) in [6.45, 7) is -0.860. The first-order chi connectivity index (χ1) is 11.4. The maximum atomic E-state index is 12.7. The zero-order valence-corrected chi connectivity index (χ0v) is 13.0.